The van der Waals surface area contributed by atoms with Gasteiger partial charge in [-0.05, 0) is 75.2 Å². The number of aromatic nitrogens is 1. The molecule has 2 aliphatic rings. The topological polar surface area (TPSA) is 51.7 Å². The van der Waals surface area contributed by atoms with Gasteiger partial charge < -0.3 is 20.0 Å². The first-order valence-corrected chi connectivity index (χ1v) is 13.0. The highest BCUT2D eigenvalue weighted by atomic mass is 35.5. The van der Waals surface area contributed by atoms with Crippen LogP contribution in [-0.4, -0.2) is 72.5 Å². The maximum Gasteiger partial charge on any atom is 0.417 e. The summed E-state index contributed by atoms with van der Waals surface area (Å²) in [6.45, 7) is 6.21. The minimum Gasteiger partial charge on any atom is -0.370 e. The van der Waals surface area contributed by atoms with Crippen molar-refractivity contribution in [2.75, 3.05) is 56.0 Å². The van der Waals surface area contributed by atoms with Crippen LogP contribution in [0, 0.1) is 0 Å². The summed E-state index contributed by atoms with van der Waals surface area (Å²) in [6.07, 6.45) is 0.430. The lowest BCUT2D eigenvalue weighted by molar-refractivity contribution is -0.137. The first-order chi connectivity index (χ1) is 17.3. The smallest absolute Gasteiger partial charge is 0.370 e. The first-order valence-electron chi connectivity index (χ1n) is 12.6. The van der Waals surface area contributed by atoms with Gasteiger partial charge in [-0.25, -0.2) is 4.98 Å². The number of carbonyl (C=O) groups excluding carboxylic acids is 1. The number of hydrogen-bond donors (Lipinski definition) is 1. The zero-order valence-electron chi connectivity index (χ0n) is 20.3. The molecule has 0 spiro atoms. The molecule has 1 aromatic heterocycles. The number of halogens is 4. The number of hydrogen-bond acceptors (Lipinski definition) is 5. The summed E-state index contributed by atoms with van der Waals surface area (Å²) >= 11 is 6.01. The number of carbonyl (C=O) groups is 1. The number of pyridine rings is 1. The molecule has 0 unspecified atom stereocenters. The maximum absolute atomic E-state index is 12.7. The molecule has 2 saturated heterocycles. The summed E-state index contributed by atoms with van der Waals surface area (Å²) in [7, 11) is 0. The second-order valence-electron chi connectivity index (χ2n) is 9.49. The van der Waals surface area contributed by atoms with Crippen molar-refractivity contribution in [3.05, 3.63) is 53.2 Å². The lowest BCUT2D eigenvalue weighted by atomic mass is 10.0. The zero-order valence-corrected chi connectivity index (χ0v) is 21.1. The van der Waals surface area contributed by atoms with Crippen molar-refractivity contribution in [1.82, 2.24) is 14.8 Å². The highest BCUT2D eigenvalue weighted by Crippen LogP contribution is 2.29. The van der Waals surface area contributed by atoms with E-state index < -0.39 is 11.7 Å². The van der Waals surface area contributed by atoms with Crippen molar-refractivity contribution < 1.29 is 18.0 Å². The molecule has 0 bridgehead atoms. The van der Waals surface area contributed by atoms with E-state index in [0.29, 0.717) is 25.3 Å². The van der Waals surface area contributed by atoms with Gasteiger partial charge in [0.25, 0.3) is 0 Å². The molecule has 0 saturated carbocycles. The van der Waals surface area contributed by atoms with Gasteiger partial charge >= 0.3 is 6.18 Å². The molecular formula is C26H33ClF3N5O. The minimum absolute atomic E-state index is 0.0963. The van der Waals surface area contributed by atoms with Crippen molar-refractivity contribution in [2.45, 2.75) is 44.3 Å². The first kappa shape index (κ1) is 26.5. The van der Waals surface area contributed by atoms with Gasteiger partial charge in [0.05, 0.1) is 5.56 Å². The zero-order chi connectivity index (χ0) is 25.5. The molecule has 2 aliphatic heterocycles. The van der Waals surface area contributed by atoms with Gasteiger partial charge in [-0.2, -0.15) is 13.2 Å². The number of benzene rings is 1. The Hall–Kier alpha value is -2.52. The van der Waals surface area contributed by atoms with Crippen LogP contribution < -0.4 is 10.2 Å². The molecule has 1 amide bonds. The predicted octanol–water partition coefficient (Wildman–Crippen LogP) is 5.15. The van der Waals surface area contributed by atoms with Gasteiger partial charge in [0.2, 0.25) is 5.91 Å². The van der Waals surface area contributed by atoms with Crippen molar-refractivity contribution in [2.24, 2.45) is 0 Å². The minimum atomic E-state index is -4.39. The van der Waals surface area contributed by atoms with Crippen molar-refractivity contribution in [3.63, 3.8) is 0 Å². The lowest BCUT2D eigenvalue weighted by Gasteiger charge is -2.33. The maximum atomic E-state index is 12.7. The normalized spacial score (nSPS) is 18.2. The van der Waals surface area contributed by atoms with Crippen LogP contribution in [0.1, 0.15) is 37.7 Å². The summed E-state index contributed by atoms with van der Waals surface area (Å²) in [5.74, 6) is 0.610. The fourth-order valence-corrected chi connectivity index (χ4v) is 4.97. The molecular weight excluding hydrogens is 491 g/mol. The number of anilines is 2. The molecule has 2 aromatic rings. The Morgan fingerprint density at radius 1 is 1.00 bits per heavy atom. The third-order valence-electron chi connectivity index (χ3n) is 6.94. The van der Waals surface area contributed by atoms with E-state index in [9.17, 15) is 18.0 Å². The van der Waals surface area contributed by atoms with E-state index in [4.69, 9.17) is 11.6 Å². The Labute approximate surface area is 215 Å². The Morgan fingerprint density at radius 2 is 1.75 bits per heavy atom. The van der Waals surface area contributed by atoms with Crippen molar-refractivity contribution in [1.29, 1.82) is 0 Å². The average Bonchev–Trinajstić information content (AvgIpc) is 3.10. The van der Waals surface area contributed by atoms with E-state index in [2.05, 4.69) is 32.2 Å². The second-order valence-corrected chi connectivity index (χ2v) is 9.93. The van der Waals surface area contributed by atoms with E-state index >= 15 is 0 Å². The summed E-state index contributed by atoms with van der Waals surface area (Å²) in [5.41, 5.74) is 0.441. The van der Waals surface area contributed by atoms with Crippen molar-refractivity contribution >= 4 is 29.0 Å². The Kier molecular flexibility index (Phi) is 8.95. The second kappa shape index (κ2) is 12.1. The molecule has 2 fully saturated rings. The van der Waals surface area contributed by atoms with Gasteiger partial charge in [0.1, 0.15) is 5.82 Å². The highest BCUT2D eigenvalue weighted by molar-refractivity contribution is 6.30. The van der Waals surface area contributed by atoms with E-state index in [1.165, 1.54) is 11.8 Å². The van der Waals surface area contributed by atoms with Crippen LogP contribution in [0.3, 0.4) is 0 Å². The molecule has 3 heterocycles. The molecule has 0 atom stereocenters. The number of amides is 1. The summed E-state index contributed by atoms with van der Waals surface area (Å²) in [4.78, 5) is 23.3. The average molecular weight is 524 g/mol. The van der Waals surface area contributed by atoms with Crippen LogP contribution in [0.5, 0.6) is 0 Å². The van der Waals surface area contributed by atoms with Crippen molar-refractivity contribution in [3.8, 4) is 0 Å². The number of likely N-dealkylation sites (tertiary alicyclic amines) is 1. The van der Waals surface area contributed by atoms with E-state index in [0.717, 1.165) is 75.7 Å². The Balaban J connectivity index is 1.13. The third kappa shape index (κ3) is 7.49. The Morgan fingerprint density at radius 3 is 2.42 bits per heavy atom. The molecule has 196 valence electrons. The molecule has 0 radical (unpaired) electrons. The summed E-state index contributed by atoms with van der Waals surface area (Å²) in [6, 6.07) is 10.5. The number of nitrogens with zero attached hydrogens (tertiary/aromatic N) is 4. The SMILES string of the molecule is O=C(CCCN1CCCN(c2ccc(Cl)cc2)CC1)N1CCC(Nc2ccc(C(F)(F)F)cn2)CC1. The molecule has 1 N–H and O–H groups in total. The molecule has 4 rings (SSSR count). The van der Waals surface area contributed by atoms with Crippen LogP contribution in [0.2, 0.25) is 5.02 Å². The fraction of sp³-hybridized carbons (Fsp3) is 0.538. The lowest BCUT2D eigenvalue weighted by Crippen LogP contribution is -2.42. The largest absolute Gasteiger partial charge is 0.417 e. The number of alkyl halides is 3. The monoisotopic (exact) mass is 523 g/mol. The number of piperidine rings is 1. The van der Waals surface area contributed by atoms with Crippen LogP contribution in [-0.2, 0) is 11.0 Å². The van der Waals surface area contributed by atoms with Gasteiger partial charge in [-0.3, -0.25) is 4.79 Å². The summed E-state index contributed by atoms with van der Waals surface area (Å²) in [5, 5.41) is 3.94. The molecule has 0 aliphatic carbocycles. The van der Waals surface area contributed by atoms with Crippen LogP contribution >= 0.6 is 11.6 Å². The third-order valence-corrected chi connectivity index (χ3v) is 7.19. The Bertz CT molecular complexity index is 979. The van der Waals surface area contributed by atoms with Crippen LogP contribution in [0.25, 0.3) is 0 Å². The van der Waals surface area contributed by atoms with Crippen LogP contribution in [0.4, 0.5) is 24.7 Å². The predicted molar refractivity (Wildman–Crippen MR) is 136 cm³/mol. The summed E-state index contributed by atoms with van der Waals surface area (Å²) < 4.78 is 38.1. The fourth-order valence-electron chi connectivity index (χ4n) is 4.85. The quantitative estimate of drug-likeness (QED) is 0.544. The van der Waals surface area contributed by atoms with E-state index in [-0.39, 0.29) is 11.9 Å². The van der Waals surface area contributed by atoms with E-state index in [1.807, 2.05) is 17.0 Å². The molecule has 10 heteroatoms. The molecule has 6 nitrogen and oxygen atoms in total. The van der Waals surface area contributed by atoms with Gasteiger partial charge in [0.15, 0.2) is 0 Å². The van der Waals surface area contributed by atoms with E-state index in [1.54, 1.807) is 0 Å². The van der Waals surface area contributed by atoms with Gasteiger partial charge in [0, 0.05) is 62.1 Å². The number of nitrogens with one attached hydrogen (secondary N) is 1. The van der Waals surface area contributed by atoms with Crippen LogP contribution in [0.15, 0.2) is 42.6 Å². The standard InChI is InChI=1S/C26H33ClF3N5O/c27-21-5-7-23(8-6-21)34-14-2-13-33(17-18-34)12-1-3-25(36)35-15-10-22(11-16-35)32-24-9-4-20(19-31-24)26(28,29)30/h4-9,19,22H,1-3,10-18H2,(H,31,32). The van der Waals surface area contributed by atoms with Gasteiger partial charge in [-0.15, -0.1) is 0 Å². The molecule has 36 heavy (non-hydrogen) atoms. The van der Waals surface area contributed by atoms with Gasteiger partial charge in [-0.1, -0.05) is 11.6 Å². The highest BCUT2D eigenvalue weighted by Gasteiger charge is 2.31. The number of rotatable bonds is 7. The molecule has 1 aromatic carbocycles.